The molecule has 0 spiro atoms. The van der Waals surface area contributed by atoms with Gasteiger partial charge in [-0.15, -0.1) is 0 Å². The molecule has 0 amide bonds. The zero-order chi connectivity index (χ0) is 26.8. The van der Waals surface area contributed by atoms with E-state index in [1.54, 1.807) is 23.3 Å². The summed E-state index contributed by atoms with van der Waals surface area (Å²) in [6, 6.07) is 31.2. The second-order valence-corrected chi connectivity index (χ2v) is 10.8. The van der Waals surface area contributed by atoms with Gasteiger partial charge >= 0.3 is 6.18 Å². The molecule has 1 fully saturated rings. The average molecular weight is 539 g/mol. The van der Waals surface area contributed by atoms with Crippen LogP contribution in [0, 0.1) is 0 Å². The number of sulfonamides is 1. The van der Waals surface area contributed by atoms with Crippen molar-refractivity contribution in [1.82, 2.24) is 9.37 Å². The van der Waals surface area contributed by atoms with Crippen LogP contribution in [0.5, 0.6) is 0 Å². The molecule has 0 unspecified atom stereocenters. The minimum Gasteiger partial charge on any atom is -0.287 e. The monoisotopic (exact) mass is 538 g/mol. The minimum atomic E-state index is -4.51. The summed E-state index contributed by atoms with van der Waals surface area (Å²) in [5.41, 5.74) is 1.19. The van der Waals surface area contributed by atoms with Crippen LogP contribution in [0.25, 0.3) is 0 Å². The van der Waals surface area contributed by atoms with E-state index in [0.29, 0.717) is 5.56 Å². The van der Waals surface area contributed by atoms with Crippen molar-refractivity contribution in [3.05, 3.63) is 138 Å². The molecule has 0 aliphatic carbocycles. The van der Waals surface area contributed by atoms with E-state index in [1.807, 2.05) is 60.7 Å². The summed E-state index contributed by atoms with van der Waals surface area (Å²) in [6.07, 6.45) is -6.16. The van der Waals surface area contributed by atoms with E-state index in [-0.39, 0.29) is 18.0 Å². The summed E-state index contributed by atoms with van der Waals surface area (Å²) in [5, 5.41) is 1.54. The van der Waals surface area contributed by atoms with Crippen LogP contribution in [0.1, 0.15) is 34.5 Å². The van der Waals surface area contributed by atoms with E-state index in [2.05, 4.69) is 0 Å². The lowest BCUT2D eigenvalue weighted by atomic mass is 10.1. The Kier molecular flexibility index (Phi) is 7.36. The fraction of sp³-hybridized carbons (Fsp3) is 0.172. The molecule has 5 nitrogen and oxygen atoms in total. The Bertz CT molecular complexity index is 1450. The van der Waals surface area contributed by atoms with Gasteiger partial charge in [-0.25, -0.2) is 8.42 Å². The van der Waals surface area contributed by atoms with Crippen LogP contribution in [0.2, 0.25) is 0 Å². The quantitative estimate of drug-likeness (QED) is 0.278. The van der Waals surface area contributed by atoms with Crippen molar-refractivity contribution in [3.63, 3.8) is 0 Å². The van der Waals surface area contributed by atoms with E-state index in [0.717, 1.165) is 23.3 Å². The molecule has 2 atom stereocenters. The number of rotatable bonds is 6. The highest BCUT2D eigenvalue weighted by atomic mass is 32.2. The molecule has 196 valence electrons. The Morgan fingerprint density at radius 3 is 1.87 bits per heavy atom. The zero-order valence-corrected chi connectivity index (χ0v) is 21.0. The Morgan fingerprint density at radius 1 is 0.737 bits per heavy atom. The molecule has 1 aliphatic heterocycles. The molecule has 1 heterocycles. The standard InChI is InChI=1S/C29H25F3N2O3S/c30-29(31,32)25-18-16-24(17-19-25)28-33(20-22-10-4-1-5-11-22)37-27(23-12-6-2-7-13-23)21-34(28)38(35,36)26-14-8-3-9-15-26/h1-19,27-28H,20-21H2/t27-,28+/m1/s1. The maximum atomic E-state index is 14.0. The third kappa shape index (κ3) is 5.51. The first-order valence-electron chi connectivity index (χ1n) is 12.0. The van der Waals surface area contributed by atoms with Crippen LogP contribution in [-0.2, 0) is 27.6 Å². The molecule has 4 aromatic carbocycles. The van der Waals surface area contributed by atoms with E-state index in [9.17, 15) is 21.6 Å². The fourth-order valence-electron chi connectivity index (χ4n) is 4.52. The minimum absolute atomic E-state index is 0.0295. The summed E-state index contributed by atoms with van der Waals surface area (Å²) >= 11 is 0. The number of hydrogen-bond acceptors (Lipinski definition) is 4. The Balaban J connectivity index is 1.64. The molecule has 1 saturated heterocycles. The van der Waals surface area contributed by atoms with Gasteiger partial charge in [0.15, 0.2) is 0 Å². The van der Waals surface area contributed by atoms with Crippen molar-refractivity contribution in [3.8, 4) is 0 Å². The predicted octanol–water partition coefficient (Wildman–Crippen LogP) is 6.58. The summed E-state index contributed by atoms with van der Waals surface area (Å²) in [6.45, 7) is 0.175. The third-order valence-corrected chi connectivity index (χ3v) is 8.23. The molecule has 0 aromatic heterocycles. The van der Waals surface area contributed by atoms with Gasteiger partial charge in [0.2, 0.25) is 10.0 Å². The number of hydroxylamine groups is 2. The molecule has 0 radical (unpaired) electrons. The topological polar surface area (TPSA) is 49.9 Å². The fourth-order valence-corrected chi connectivity index (χ4v) is 6.11. The molecule has 0 saturated carbocycles. The number of nitrogens with zero attached hydrogens (tertiary/aromatic N) is 2. The van der Waals surface area contributed by atoms with Gasteiger partial charge in [0.05, 0.1) is 17.0 Å². The Morgan fingerprint density at radius 2 is 1.29 bits per heavy atom. The highest BCUT2D eigenvalue weighted by Crippen LogP contribution is 2.41. The smallest absolute Gasteiger partial charge is 0.287 e. The second kappa shape index (κ2) is 10.7. The molecule has 4 aromatic rings. The lowest BCUT2D eigenvalue weighted by Crippen LogP contribution is -2.51. The van der Waals surface area contributed by atoms with E-state index in [1.165, 1.54) is 28.6 Å². The first-order valence-corrected chi connectivity index (χ1v) is 13.4. The summed E-state index contributed by atoms with van der Waals surface area (Å²) in [5.74, 6) is 0. The predicted molar refractivity (Wildman–Crippen MR) is 137 cm³/mol. The van der Waals surface area contributed by atoms with E-state index in [4.69, 9.17) is 4.84 Å². The van der Waals surface area contributed by atoms with Crippen molar-refractivity contribution in [1.29, 1.82) is 0 Å². The highest BCUT2D eigenvalue weighted by molar-refractivity contribution is 7.89. The van der Waals surface area contributed by atoms with E-state index >= 15 is 0 Å². The van der Waals surface area contributed by atoms with Gasteiger partial charge in [-0.1, -0.05) is 91.0 Å². The lowest BCUT2D eigenvalue weighted by molar-refractivity contribution is -0.285. The molecule has 38 heavy (non-hydrogen) atoms. The largest absolute Gasteiger partial charge is 0.416 e. The van der Waals surface area contributed by atoms with Gasteiger partial charge in [0.25, 0.3) is 0 Å². The van der Waals surface area contributed by atoms with Crippen molar-refractivity contribution in [2.75, 3.05) is 6.54 Å². The first kappa shape index (κ1) is 26.1. The van der Waals surface area contributed by atoms with Crippen molar-refractivity contribution in [2.24, 2.45) is 0 Å². The van der Waals surface area contributed by atoms with Crippen molar-refractivity contribution < 1.29 is 26.4 Å². The normalized spacial score (nSPS) is 19.3. The SMILES string of the molecule is O=S(=O)(c1ccccc1)N1C[C@H](c2ccccc2)ON(Cc2ccccc2)[C@@H]1c1ccc(C(F)(F)F)cc1. The second-order valence-electron chi connectivity index (χ2n) is 8.95. The molecule has 1 aliphatic rings. The third-order valence-electron chi connectivity index (χ3n) is 6.39. The van der Waals surface area contributed by atoms with Gasteiger partial charge < -0.3 is 0 Å². The summed E-state index contributed by atoms with van der Waals surface area (Å²) < 4.78 is 69.3. The molecule has 0 bridgehead atoms. The number of halogens is 3. The van der Waals surface area contributed by atoms with E-state index < -0.39 is 34.0 Å². The van der Waals surface area contributed by atoms with Crippen LogP contribution >= 0.6 is 0 Å². The summed E-state index contributed by atoms with van der Waals surface area (Å²) in [7, 11) is -4.07. The number of hydrogen-bond donors (Lipinski definition) is 0. The van der Waals surface area contributed by atoms with Gasteiger partial charge in [0.1, 0.15) is 12.3 Å². The van der Waals surface area contributed by atoms with Crippen LogP contribution in [0.4, 0.5) is 13.2 Å². The van der Waals surface area contributed by atoms with Crippen molar-refractivity contribution in [2.45, 2.75) is 29.9 Å². The van der Waals surface area contributed by atoms with Crippen LogP contribution < -0.4 is 0 Å². The maximum absolute atomic E-state index is 14.0. The average Bonchev–Trinajstić information content (AvgIpc) is 2.94. The Labute approximate surface area is 219 Å². The van der Waals surface area contributed by atoms with Gasteiger partial charge in [-0.2, -0.15) is 22.5 Å². The van der Waals surface area contributed by atoms with Crippen LogP contribution in [0.3, 0.4) is 0 Å². The molecular weight excluding hydrogens is 513 g/mol. The number of benzene rings is 4. The van der Waals surface area contributed by atoms with Gasteiger partial charge in [0, 0.05) is 6.54 Å². The zero-order valence-electron chi connectivity index (χ0n) is 20.2. The summed E-state index contributed by atoms with van der Waals surface area (Å²) in [4.78, 5) is 6.50. The lowest BCUT2D eigenvalue weighted by Gasteiger charge is -2.45. The first-order chi connectivity index (χ1) is 18.2. The van der Waals surface area contributed by atoms with Crippen LogP contribution in [0.15, 0.2) is 120 Å². The molecule has 0 N–H and O–H groups in total. The highest BCUT2D eigenvalue weighted by Gasteiger charge is 2.44. The van der Waals surface area contributed by atoms with Gasteiger partial charge in [-0.05, 0) is 41.0 Å². The molecular formula is C29H25F3N2O3S. The molecule has 9 heteroatoms. The van der Waals surface area contributed by atoms with Gasteiger partial charge in [-0.3, -0.25) is 4.84 Å². The molecule has 5 rings (SSSR count). The van der Waals surface area contributed by atoms with Crippen LogP contribution in [-0.4, -0.2) is 24.3 Å². The maximum Gasteiger partial charge on any atom is 0.416 e. The number of alkyl halides is 3. The van der Waals surface area contributed by atoms with Crippen molar-refractivity contribution >= 4 is 10.0 Å². The Hall–Kier alpha value is -3.50.